The van der Waals surface area contributed by atoms with Gasteiger partial charge >= 0.3 is 0 Å². The molecule has 1 N–H and O–H groups in total. The Kier molecular flexibility index (Phi) is 5.16. The van der Waals surface area contributed by atoms with Crippen LogP contribution in [0.15, 0.2) is 29.2 Å². The van der Waals surface area contributed by atoms with Crippen molar-refractivity contribution in [1.82, 2.24) is 0 Å². The molecule has 13 heavy (non-hydrogen) atoms. The van der Waals surface area contributed by atoms with Crippen molar-refractivity contribution in [3.8, 4) is 5.75 Å². The molecule has 0 aliphatic heterocycles. The molecular weight excluding hydrogens is 200 g/mol. The molecule has 0 radical (unpaired) electrons. The van der Waals surface area contributed by atoms with Gasteiger partial charge in [-0.05, 0) is 42.4 Å². The van der Waals surface area contributed by atoms with Crippen molar-refractivity contribution in [3.63, 3.8) is 0 Å². The van der Waals surface area contributed by atoms with Gasteiger partial charge in [0, 0.05) is 4.90 Å². The highest BCUT2D eigenvalue weighted by Gasteiger charge is 1.94. The van der Waals surface area contributed by atoms with Crippen molar-refractivity contribution in [3.05, 3.63) is 24.3 Å². The number of hydrogen-bond donors (Lipinski definition) is 1. The molecule has 1 aromatic carbocycles. The molecule has 0 fully saturated rings. The minimum atomic E-state index is 0.356. The molecule has 0 spiro atoms. The second-order valence-electron chi connectivity index (χ2n) is 2.69. The average Bonchev–Trinajstić information content (AvgIpc) is 2.13. The van der Waals surface area contributed by atoms with E-state index in [0.29, 0.717) is 5.75 Å². The van der Waals surface area contributed by atoms with Crippen LogP contribution in [0.25, 0.3) is 0 Å². The summed E-state index contributed by atoms with van der Waals surface area (Å²) in [6.45, 7) is 0. The summed E-state index contributed by atoms with van der Waals surface area (Å²) in [6.07, 6.45) is 3.35. The molecule has 0 aliphatic rings. The van der Waals surface area contributed by atoms with Gasteiger partial charge in [0.05, 0.1) is 0 Å². The van der Waals surface area contributed by atoms with Gasteiger partial charge < -0.3 is 5.11 Å². The van der Waals surface area contributed by atoms with Gasteiger partial charge in [0.15, 0.2) is 0 Å². The van der Waals surface area contributed by atoms with Gasteiger partial charge in [-0.3, -0.25) is 0 Å². The fourth-order valence-corrected chi connectivity index (χ4v) is 2.49. The molecule has 0 saturated heterocycles. The topological polar surface area (TPSA) is 20.2 Å². The van der Waals surface area contributed by atoms with Crippen LogP contribution in [0, 0.1) is 0 Å². The van der Waals surface area contributed by atoms with E-state index >= 15 is 0 Å². The quantitative estimate of drug-likeness (QED) is 0.600. The van der Waals surface area contributed by atoms with E-state index in [4.69, 9.17) is 0 Å². The molecule has 1 rings (SSSR count). The second kappa shape index (κ2) is 6.22. The number of benzene rings is 1. The summed E-state index contributed by atoms with van der Waals surface area (Å²) >= 11 is 3.68. The van der Waals surface area contributed by atoms with Gasteiger partial charge in [-0.25, -0.2) is 0 Å². The highest BCUT2D eigenvalue weighted by molar-refractivity contribution is 7.99. The van der Waals surface area contributed by atoms with Gasteiger partial charge in [-0.2, -0.15) is 11.8 Å². The Morgan fingerprint density at radius 1 is 1.31 bits per heavy atom. The number of hydrogen-bond acceptors (Lipinski definition) is 3. The van der Waals surface area contributed by atoms with Crippen LogP contribution >= 0.6 is 23.5 Å². The van der Waals surface area contributed by atoms with E-state index in [1.54, 1.807) is 17.8 Å². The summed E-state index contributed by atoms with van der Waals surface area (Å²) in [7, 11) is 0. The summed E-state index contributed by atoms with van der Waals surface area (Å²) in [4.78, 5) is 1.15. The van der Waals surface area contributed by atoms with E-state index in [0.717, 1.165) is 10.6 Å². The molecule has 0 saturated carbocycles. The summed E-state index contributed by atoms with van der Waals surface area (Å²) in [5.41, 5.74) is 0. The Morgan fingerprint density at radius 2 is 2.15 bits per heavy atom. The lowest BCUT2D eigenvalue weighted by atomic mass is 10.3. The molecule has 0 aromatic heterocycles. The first-order chi connectivity index (χ1) is 6.33. The lowest BCUT2D eigenvalue weighted by Crippen LogP contribution is -1.82. The summed E-state index contributed by atoms with van der Waals surface area (Å²) in [6, 6.07) is 7.42. The van der Waals surface area contributed by atoms with Crippen LogP contribution in [0.5, 0.6) is 5.75 Å². The summed E-state index contributed by atoms with van der Waals surface area (Å²) in [5.74, 6) is 2.70. The maximum Gasteiger partial charge on any atom is 0.116 e. The third kappa shape index (κ3) is 4.48. The molecule has 0 unspecified atom stereocenters. The van der Waals surface area contributed by atoms with Gasteiger partial charge in [-0.15, -0.1) is 11.8 Å². The normalized spacial score (nSPS) is 10.2. The van der Waals surface area contributed by atoms with Gasteiger partial charge in [-0.1, -0.05) is 6.07 Å². The Labute approximate surface area is 87.9 Å². The standard InChI is InChI=1S/C10H14OS2/c1-12-6-3-7-13-10-5-2-4-9(11)8-10/h2,4-5,8,11H,3,6-7H2,1H3. The number of phenols is 1. The molecule has 1 nitrogen and oxygen atoms in total. The monoisotopic (exact) mass is 214 g/mol. The molecule has 0 aliphatic carbocycles. The number of aromatic hydroxyl groups is 1. The van der Waals surface area contributed by atoms with Crippen LogP contribution in [0.4, 0.5) is 0 Å². The fraction of sp³-hybridized carbons (Fsp3) is 0.400. The third-order valence-electron chi connectivity index (χ3n) is 1.58. The van der Waals surface area contributed by atoms with Crippen LogP contribution < -0.4 is 0 Å². The number of rotatable bonds is 5. The zero-order valence-corrected chi connectivity index (χ0v) is 9.33. The predicted octanol–water partition coefficient (Wildman–Crippen LogP) is 3.24. The summed E-state index contributed by atoms with van der Waals surface area (Å²) < 4.78 is 0. The first-order valence-corrected chi connectivity index (χ1v) is 6.61. The molecular formula is C10H14OS2. The van der Waals surface area contributed by atoms with E-state index in [2.05, 4.69) is 6.26 Å². The van der Waals surface area contributed by atoms with E-state index in [1.807, 2.05) is 30.0 Å². The van der Waals surface area contributed by atoms with Crippen LogP contribution in [0.3, 0.4) is 0 Å². The Balaban J connectivity index is 2.28. The molecule has 0 amide bonds. The van der Waals surface area contributed by atoms with E-state index < -0.39 is 0 Å². The number of phenolic OH excluding ortho intramolecular Hbond substituents is 1. The minimum Gasteiger partial charge on any atom is -0.508 e. The average molecular weight is 214 g/mol. The Bertz CT molecular complexity index is 250. The van der Waals surface area contributed by atoms with E-state index in [-0.39, 0.29) is 0 Å². The first-order valence-electron chi connectivity index (χ1n) is 4.23. The summed E-state index contributed by atoms with van der Waals surface area (Å²) in [5, 5.41) is 9.20. The third-order valence-corrected chi connectivity index (χ3v) is 3.36. The highest BCUT2D eigenvalue weighted by Crippen LogP contribution is 2.22. The predicted molar refractivity (Wildman–Crippen MR) is 61.8 cm³/mol. The van der Waals surface area contributed by atoms with Crippen molar-refractivity contribution >= 4 is 23.5 Å². The van der Waals surface area contributed by atoms with Gasteiger partial charge in [0.25, 0.3) is 0 Å². The Hall–Kier alpha value is -0.280. The zero-order chi connectivity index (χ0) is 9.52. The fourth-order valence-electron chi connectivity index (χ4n) is 0.967. The van der Waals surface area contributed by atoms with Crippen LogP contribution in [-0.2, 0) is 0 Å². The SMILES string of the molecule is CSCCCSc1cccc(O)c1. The zero-order valence-electron chi connectivity index (χ0n) is 7.69. The molecule has 72 valence electrons. The smallest absolute Gasteiger partial charge is 0.116 e. The van der Waals surface area contributed by atoms with Gasteiger partial charge in [0.1, 0.15) is 5.75 Å². The van der Waals surface area contributed by atoms with Crippen LogP contribution in [-0.4, -0.2) is 22.9 Å². The maximum absolute atomic E-state index is 9.20. The largest absolute Gasteiger partial charge is 0.508 e. The minimum absolute atomic E-state index is 0.356. The van der Waals surface area contributed by atoms with Crippen LogP contribution in [0.1, 0.15) is 6.42 Å². The molecule has 3 heteroatoms. The van der Waals surface area contributed by atoms with E-state index in [9.17, 15) is 5.11 Å². The van der Waals surface area contributed by atoms with Crippen molar-refractivity contribution < 1.29 is 5.11 Å². The first kappa shape index (κ1) is 10.8. The second-order valence-corrected chi connectivity index (χ2v) is 4.85. The lowest BCUT2D eigenvalue weighted by Gasteiger charge is -2.00. The lowest BCUT2D eigenvalue weighted by molar-refractivity contribution is 0.474. The van der Waals surface area contributed by atoms with E-state index in [1.165, 1.54) is 12.2 Å². The highest BCUT2D eigenvalue weighted by atomic mass is 32.2. The van der Waals surface area contributed by atoms with Crippen molar-refractivity contribution in [1.29, 1.82) is 0 Å². The molecule has 0 bridgehead atoms. The van der Waals surface area contributed by atoms with Crippen LogP contribution in [0.2, 0.25) is 0 Å². The Morgan fingerprint density at radius 3 is 2.85 bits per heavy atom. The molecule has 0 heterocycles. The van der Waals surface area contributed by atoms with Crippen molar-refractivity contribution in [2.75, 3.05) is 17.8 Å². The van der Waals surface area contributed by atoms with Gasteiger partial charge in [0.2, 0.25) is 0 Å². The maximum atomic E-state index is 9.20. The molecule has 1 aromatic rings. The van der Waals surface area contributed by atoms with Crippen molar-refractivity contribution in [2.24, 2.45) is 0 Å². The number of thioether (sulfide) groups is 2. The van der Waals surface area contributed by atoms with Crippen molar-refractivity contribution in [2.45, 2.75) is 11.3 Å². The molecule has 0 atom stereocenters.